The Balaban J connectivity index is 1.63. The number of methoxy groups -OCH3 is 2. The zero-order valence-corrected chi connectivity index (χ0v) is 15.1. The molecule has 2 heterocycles. The van der Waals surface area contributed by atoms with Crippen molar-refractivity contribution in [1.82, 2.24) is 9.88 Å². The highest BCUT2D eigenvalue weighted by Gasteiger charge is 2.15. The van der Waals surface area contributed by atoms with Crippen LogP contribution in [0.3, 0.4) is 0 Å². The van der Waals surface area contributed by atoms with Gasteiger partial charge in [-0.1, -0.05) is 0 Å². The van der Waals surface area contributed by atoms with E-state index in [2.05, 4.69) is 15.2 Å². The first-order valence-electron chi connectivity index (χ1n) is 7.97. The van der Waals surface area contributed by atoms with Crippen LogP contribution in [-0.4, -0.2) is 56.3 Å². The van der Waals surface area contributed by atoms with E-state index in [4.69, 9.17) is 14.2 Å². The van der Waals surface area contributed by atoms with Gasteiger partial charge < -0.3 is 14.2 Å². The quantitative estimate of drug-likeness (QED) is 0.849. The maximum Gasteiger partial charge on any atom is 0.257 e. The molecule has 2 aromatic rings. The number of amides is 1. The van der Waals surface area contributed by atoms with E-state index in [-0.39, 0.29) is 5.91 Å². The van der Waals surface area contributed by atoms with Crippen molar-refractivity contribution in [3.05, 3.63) is 34.8 Å². The van der Waals surface area contributed by atoms with Crippen LogP contribution in [0, 0.1) is 0 Å². The lowest BCUT2D eigenvalue weighted by atomic mass is 10.2. The van der Waals surface area contributed by atoms with E-state index in [0.717, 1.165) is 38.5 Å². The summed E-state index contributed by atoms with van der Waals surface area (Å²) in [5.74, 6) is 0.872. The van der Waals surface area contributed by atoms with Gasteiger partial charge in [0.05, 0.1) is 33.1 Å². The van der Waals surface area contributed by atoms with Crippen LogP contribution in [0.2, 0.25) is 0 Å². The Labute approximate surface area is 150 Å². The number of nitrogens with one attached hydrogen (secondary N) is 1. The number of aromatic nitrogens is 1. The Hall–Kier alpha value is -2.16. The topological polar surface area (TPSA) is 72.9 Å². The highest BCUT2D eigenvalue weighted by atomic mass is 32.1. The number of morpholine rings is 1. The molecule has 1 aliphatic heterocycles. The molecule has 1 aliphatic rings. The van der Waals surface area contributed by atoms with E-state index in [1.165, 1.54) is 18.4 Å². The normalized spacial score (nSPS) is 15.0. The van der Waals surface area contributed by atoms with Crippen LogP contribution in [0.15, 0.2) is 23.6 Å². The number of anilines is 1. The number of ether oxygens (including phenoxy) is 3. The summed E-state index contributed by atoms with van der Waals surface area (Å²) in [6.07, 6.45) is 0. The van der Waals surface area contributed by atoms with Crippen molar-refractivity contribution in [2.75, 3.05) is 45.8 Å². The van der Waals surface area contributed by atoms with E-state index in [1.807, 2.05) is 5.38 Å². The summed E-state index contributed by atoms with van der Waals surface area (Å²) in [7, 11) is 3.10. The van der Waals surface area contributed by atoms with Crippen molar-refractivity contribution in [3.63, 3.8) is 0 Å². The standard InChI is InChI=1S/C17H21N3O4S/c1-22-14-4-3-12(9-15(14)23-2)16(21)19-17-18-13(11-25-17)10-20-5-7-24-8-6-20/h3-4,9,11H,5-8,10H2,1-2H3,(H,18,19,21). The summed E-state index contributed by atoms with van der Waals surface area (Å²) in [6, 6.07) is 5.05. The first-order chi connectivity index (χ1) is 12.2. The van der Waals surface area contributed by atoms with Gasteiger partial charge in [0.25, 0.3) is 5.91 Å². The lowest BCUT2D eigenvalue weighted by molar-refractivity contribution is 0.0337. The predicted octanol–water partition coefficient (Wildman–Crippen LogP) is 2.24. The molecule has 3 rings (SSSR count). The van der Waals surface area contributed by atoms with Gasteiger partial charge in [-0.25, -0.2) is 4.98 Å². The molecule has 134 valence electrons. The molecular formula is C17H21N3O4S. The van der Waals surface area contributed by atoms with E-state index < -0.39 is 0 Å². The predicted molar refractivity (Wildman–Crippen MR) is 95.7 cm³/mol. The Morgan fingerprint density at radius 2 is 2.04 bits per heavy atom. The Morgan fingerprint density at radius 3 is 2.76 bits per heavy atom. The van der Waals surface area contributed by atoms with Crippen LogP contribution in [0.25, 0.3) is 0 Å². The van der Waals surface area contributed by atoms with Crippen molar-refractivity contribution in [1.29, 1.82) is 0 Å². The molecule has 8 heteroatoms. The van der Waals surface area contributed by atoms with Crippen LogP contribution in [0.1, 0.15) is 16.1 Å². The minimum absolute atomic E-state index is 0.228. The number of thiazole rings is 1. The fourth-order valence-electron chi connectivity index (χ4n) is 2.57. The Kier molecular flexibility index (Phi) is 5.85. The van der Waals surface area contributed by atoms with E-state index in [1.54, 1.807) is 25.3 Å². The Bertz CT molecular complexity index is 728. The molecule has 0 spiro atoms. The van der Waals surface area contributed by atoms with Crippen molar-refractivity contribution < 1.29 is 19.0 Å². The molecule has 1 N–H and O–H groups in total. The zero-order valence-electron chi connectivity index (χ0n) is 14.3. The second-order valence-electron chi connectivity index (χ2n) is 5.56. The first kappa shape index (κ1) is 17.7. The molecule has 1 saturated heterocycles. The van der Waals surface area contributed by atoms with Crippen LogP contribution >= 0.6 is 11.3 Å². The van der Waals surface area contributed by atoms with Gasteiger partial charge in [0.2, 0.25) is 0 Å². The molecule has 0 unspecified atom stereocenters. The average molecular weight is 363 g/mol. The third-order valence-corrected chi connectivity index (χ3v) is 4.71. The minimum atomic E-state index is -0.228. The minimum Gasteiger partial charge on any atom is -0.493 e. The van der Waals surface area contributed by atoms with Gasteiger partial charge >= 0.3 is 0 Å². The maximum atomic E-state index is 12.4. The van der Waals surface area contributed by atoms with Gasteiger partial charge in [0.15, 0.2) is 16.6 Å². The summed E-state index contributed by atoms with van der Waals surface area (Å²) in [4.78, 5) is 19.2. The van der Waals surface area contributed by atoms with Crippen molar-refractivity contribution in [2.24, 2.45) is 0 Å². The van der Waals surface area contributed by atoms with Crippen molar-refractivity contribution in [3.8, 4) is 11.5 Å². The number of hydrogen-bond donors (Lipinski definition) is 1. The Morgan fingerprint density at radius 1 is 1.28 bits per heavy atom. The number of benzene rings is 1. The maximum absolute atomic E-state index is 12.4. The largest absolute Gasteiger partial charge is 0.493 e. The van der Waals surface area contributed by atoms with Crippen LogP contribution in [-0.2, 0) is 11.3 Å². The third kappa shape index (κ3) is 4.47. The highest BCUT2D eigenvalue weighted by Crippen LogP contribution is 2.28. The zero-order chi connectivity index (χ0) is 17.6. The van der Waals surface area contributed by atoms with Crippen molar-refractivity contribution in [2.45, 2.75) is 6.54 Å². The molecule has 0 radical (unpaired) electrons. The summed E-state index contributed by atoms with van der Waals surface area (Å²) in [5, 5.41) is 5.39. The highest BCUT2D eigenvalue weighted by molar-refractivity contribution is 7.13. The number of carbonyl (C=O) groups is 1. The van der Waals surface area contributed by atoms with Crippen LogP contribution < -0.4 is 14.8 Å². The fourth-order valence-corrected chi connectivity index (χ4v) is 3.27. The number of hydrogen-bond acceptors (Lipinski definition) is 7. The van der Waals surface area contributed by atoms with Gasteiger partial charge in [-0.05, 0) is 18.2 Å². The first-order valence-corrected chi connectivity index (χ1v) is 8.85. The van der Waals surface area contributed by atoms with Gasteiger partial charge in [0, 0.05) is 30.6 Å². The molecule has 0 aliphatic carbocycles. The second-order valence-corrected chi connectivity index (χ2v) is 6.41. The molecule has 1 fully saturated rings. The third-order valence-electron chi connectivity index (χ3n) is 3.91. The molecule has 25 heavy (non-hydrogen) atoms. The van der Waals surface area contributed by atoms with Crippen molar-refractivity contribution >= 4 is 22.4 Å². The number of carbonyl (C=O) groups excluding carboxylic acids is 1. The van der Waals surface area contributed by atoms with Gasteiger partial charge in [0.1, 0.15) is 0 Å². The lowest BCUT2D eigenvalue weighted by Crippen LogP contribution is -2.35. The second kappa shape index (κ2) is 8.28. The molecular weight excluding hydrogens is 342 g/mol. The molecule has 0 atom stereocenters. The molecule has 1 aromatic heterocycles. The molecule has 0 bridgehead atoms. The summed E-state index contributed by atoms with van der Waals surface area (Å²) >= 11 is 1.42. The average Bonchev–Trinajstić information content (AvgIpc) is 3.08. The van der Waals surface area contributed by atoms with Crippen LogP contribution in [0.4, 0.5) is 5.13 Å². The van der Waals surface area contributed by atoms with Crippen LogP contribution in [0.5, 0.6) is 11.5 Å². The SMILES string of the molecule is COc1ccc(C(=O)Nc2nc(CN3CCOCC3)cs2)cc1OC. The molecule has 7 nitrogen and oxygen atoms in total. The molecule has 1 aromatic carbocycles. The van der Waals surface area contributed by atoms with Gasteiger partial charge in [-0.3, -0.25) is 15.0 Å². The number of rotatable bonds is 6. The summed E-state index contributed by atoms with van der Waals surface area (Å²) in [5.41, 5.74) is 1.44. The lowest BCUT2D eigenvalue weighted by Gasteiger charge is -2.25. The van der Waals surface area contributed by atoms with Gasteiger partial charge in [-0.2, -0.15) is 0 Å². The molecule has 0 saturated carbocycles. The fraction of sp³-hybridized carbons (Fsp3) is 0.412. The monoisotopic (exact) mass is 363 g/mol. The van der Waals surface area contributed by atoms with E-state index in [0.29, 0.717) is 22.2 Å². The smallest absolute Gasteiger partial charge is 0.257 e. The molecule has 1 amide bonds. The van der Waals surface area contributed by atoms with E-state index >= 15 is 0 Å². The summed E-state index contributed by atoms with van der Waals surface area (Å²) < 4.78 is 15.8. The summed E-state index contributed by atoms with van der Waals surface area (Å²) in [6.45, 7) is 4.10. The van der Waals surface area contributed by atoms with Gasteiger partial charge in [-0.15, -0.1) is 11.3 Å². The number of nitrogens with zero attached hydrogens (tertiary/aromatic N) is 2. The van der Waals surface area contributed by atoms with E-state index in [9.17, 15) is 4.79 Å².